The molecule has 4 heteroatoms. The topological polar surface area (TPSA) is 26.7 Å². The number of rotatable bonds is 3. The minimum absolute atomic E-state index is 0.218. The number of para-hydroxylation sites is 1. The largest absolute Gasteiger partial charge is 0.506 e. The minimum Gasteiger partial charge on any atom is -0.506 e. The van der Waals surface area contributed by atoms with Gasteiger partial charge in [0.05, 0.1) is 5.02 Å². The van der Waals surface area contributed by atoms with Crippen LogP contribution in [0, 0.1) is 0 Å². The number of halogens is 1. The maximum absolute atomic E-state index is 9.93. The van der Waals surface area contributed by atoms with Gasteiger partial charge < -0.3 is 10.0 Å². The first-order valence-corrected chi connectivity index (χ1v) is 6.81. The van der Waals surface area contributed by atoms with E-state index < -0.39 is 0 Å². The predicted molar refractivity (Wildman–Crippen MR) is 75.1 cm³/mol. The zero-order valence-electron chi connectivity index (χ0n) is 11.1. The van der Waals surface area contributed by atoms with Gasteiger partial charge in [-0.2, -0.15) is 0 Å². The van der Waals surface area contributed by atoms with E-state index in [2.05, 4.69) is 23.9 Å². The number of phenolic OH excluding ortho intramolecular Hbond substituents is 1. The molecular weight excluding hydrogens is 248 g/mol. The van der Waals surface area contributed by atoms with Gasteiger partial charge in [0.15, 0.2) is 0 Å². The lowest BCUT2D eigenvalue weighted by Gasteiger charge is -2.36. The zero-order chi connectivity index (χ0) is 13.1. The molecule has 0 aromatic heterocycles. The molecule has 1 saturated heterocycles. The van der Waals surface area contributed by atoms with Gasteiger partial charge in [0, 0.05) is 24.7 Å². The summed E-state index contributed by atoms with van der Waals surface area (Å²) in [7, 11) is 4.28. The molecule has 1 fully saturated rings. The highest BCUT2D eigenvalue weighted by Crippen LogP contribution is 2.28. The maximum atomic E-state index is 9.93. The number of likely N-dealkylation sites (N-methyl/N-ethyl adjacent to an activating group) is 2. The molecule has 0 spiro atoms. The highest BCUT2D eigenvalue weighted by molar-refractivity contribution is 6.32. The molecule has 0 saturated carbocycles. The summed E-state index contributed by atoms with van der Waals surface area (Å²) in [5.74, 6) is 0.218. The third-order valence-corrected chi connectivity index (χ3v) is 4.02. The summed E-state index contributed by atoms with van der Waals surface area (Å²) >= 11 is 5.93. The molecule has 0 amide bonds. The van der Waals surface area contributed by atoms with Crippen LogP contribution >= 0.6 is 11.6 Å². The fourth-order valence-electron chi connectivity index (χ4n) is 2.58. The summed E-state index contributed by atoms with van der Waals surface area (Å²) < 4.78 is 0. The number of piperidine rings is 1. The standard InChI is InChI=1S/C14H21ClN2O/c1-16-8-4-6-12(10-16)17(2)9-11-5-3-7-13(15)14(11)18/h3,5,7,12,18H,4,6,8-10H2,1-2H3. The number of hydrogen-bond acceptors (Lipinski definition) is 3. The second-order valence-corrected chi connectivity index (χ2v) is 5.63. The molecule has 0 bridgehead atoms. The van der Waals surface area contributed by atoms with Gasteiger partial charge >= 0.3 is 0 Å². The van der Waals surface area contributed by atoms with Crippen molar-refractivity contribution < 1.29 is 5.11 Å². The van der Waals surface area contributed by atoms with Crippen molar-refractivity contribution in [3.63, 3.8) is 0 Å². The Balaban J connectivity index is 2.02. The van der Waals surface area contributed by atoms with Crippen molar-refractivity contribution in [2.75, 3.05) is 27.2 Å². The Hall–Kier alpha value is -0.770. The molecule has 18 heavy (non-hydrogen) atoms. The van der Waals surface area contributed by atoms with E-state index in [1.165, 1.54) is 19.4 Å². The summed E-state index contributed by atoms with van der Waals surface area (Å²) in [4.78, 5) is 4.67. The average molecular weight is 269 g/mol. The Kier molecular flexibility index (Phi) is 4.49. The number of hydrogen-bond donors (Lipinski definition) is 1. The van der Waals surface area contributed by atoms with Gasteiger partial charge in [-0.3, -0.25) is 4.90 Å². The molecular formula is C14H21ClN2O. The number of likely N-dealkylation sites (tertiary alicyclic amines) is 1. The number of aromatic hydroxyl groups is 1. The van der Waals surface area contributed by atoms with Gasteiger partial charge in [0.1, 0.15) is 5.75 Å². The van der Waals surface area contributed by atoms with E-state index in [1.54, 1.807) is 6.07 Å². The first-order chi connectivity index (χ1) is 8.58. The number of phenols is 1. The van der Waals surface area contributed by atoms with Gasteiger partial charge in [-0.1, -0.05) is 23.7 Å². The fraction of sp³-hybridized carbons (Fsp3) is 0.571. The molecule has 0 aliphatic carbocycles. The van der Waals surface area contributed by atoms with E-state index in [1.807, 2.05) is 12.1 Å². The van der Waals surface area contributed by atoms with Crippen LogP contribution in [0.15, 0.2) is 18.2 Å². The van der Waals surface area contributed by atoms with E-state index in [4.69, 9.17) is 11.6 Å². The molecule has 0 radical (unpaired) electrons. The minimum atomic E-state index is 0.218. The zero-order valence-corrected chi connectivity index (χ0v) is 11.8. The molecule has 3 nitrogen and oxygen atoms in total. The third kappa shape index (κ3) is 3.16. The van der Waals surface area contributed by atoms with E-state index >= 15 is 0 Å². The quantitative estimate of drug-likeness (QED) is 0.913. The molecule has 1 aliphatic heterocycles. The lowest BCUT2D eigenvalue weighted by atomic mass is 10.0. The maximum Gasteiger partial charge on any atom is 0.138 e. The molecule has 1 unspecified atom stereocenters. The second-order valence-electron chi connectivity index (χ2n) is 5.22. The van der Waals surface area contributed by atoms with Crippen LogP contribution in [0.25, 0.3) is 0 Å². The molecule has 100 valence electrons. The lowest BCUT2D eigenvalue weighted by Crippen LogP contribution is -2.44. The molecule has 1 aromatic carbocycles. The van der Waals surface area contributed by atoms with Gasteiger partial charge in [0.2, 0.25) is 0 Å². The SMILES string of the molecule is CN1CCCC(N(C)Cc2cccc(Cl)c2O)C1. The highest BCUT2D eigenvalue weighted by atomic mass is 35.5. The molecule has 1 aliphatic rings. The van der Waals surface area contributed by atoms with Crippen molar-refractivity contribution in [3.8, 4) is 5.75 Å². The number of benzene rings is 1. The van der Waals surface area contributed by atoms with Gasteiger partial charge in [-0.25, -0.2) is 0 Å². The van der Waals surface area contributed by atoms with Crippen molar-refractivity contribution in [2.45, 2.75) is 25.4 Å². The molecule has 1 N–H and O–H groups in total. The van der Waals surface area contributed by atoms with E-state index in [0.29, 0.717) is 11.1 Å². The van der Waals surface area contributed by atoms with Crippen LogP contribution in [-0.2, 0) is 6.54 Å². The van der Waals surface area contributed by atoms with Crippen molar-refractivity contribution in [3.05, 3.63) is 28.8 Å². The molecule has 1 heterocycles. The van der Waals surface area contributed by atoms with Crippen molar-refractivity contribution in [1.82, 2.24) is 9.80 Å². The Morgan fingerprint density at radius 3 is 3.00 bits per heavy atom. The average Bonchev–Trinajstić information content (AvgIpc) is 2.35. The Morgan fingerprint density at radius 1 is 1.50 bits per heavy atom. The van der Waals surface area contributed by atoms with E-state index in [9.17, 15) is 5.11 Å². The lowest BCUT2D eigenvalue weighted by molar-refractivity contribution is 0.129. The van der Waals surface area contributed by atoms with Gasteiger partial charge in [0.25, 0.3) is 0 Å². The van der Waals surface area contributed by atoms with Gasteiger partial charge in [-0.15, -0.1) is 0 Å². The fourth-order valence-corrected chi connectivity index (χ4v) is 2.78. The number of nitrogens with zero attached hydrogens (tertiary/aromatic N) is 2. The Morgan fingerprint density at radius 2 is 2.28 bits per heavy atom. The van der Waals surface area contributed by atoms with Crippen molar-refractivity contribution in [2.24, 2.45) is 0 Å². The van der Waals surface area contributed by atoms with Crippen molar-refractivity contribution >= 4 is 11.6 Å². The first kappa shape index (κ1) is 13.7. The second kappa shape index (κ2) is 5.91. The first-order valence-electron chi connectivity index (χ1n) is 6.43. The molecule has 2 rings (SSSR count). The van der Waals surface area contributed by atoms with Crippen LogP contribution in [0.5, 0.6) is 5.75 Å². The molecule has 1 aromatic rings. The van der Waals surface area contributed by atoms with Crippen LogP contribution in [0.3, 0.4) is 0 Å². The van der Waals surface area contributed by atoms with Crippen molar-refractivity contribution in [1.29, 1.82) is 0 Å². The third-order valence-electron chi connectivity index (χ3n) is 3.71. The van der Waals surface area contributed by atoms with Gasteiger partial charge in [-0.05, 0) is 39.5 Å². The Labute approximate surface area is 114 Å². The predicted octanol–water partition coefficient (Wildman–Crippen LogP) is 2.57. The summed E-state index contributed by atoms with van der Waals surface area (Å²) in [5.41, 5.74) is 0.901. The monoisotopic (exact) mass is 268 g/mol. The summed E-state index contributed by atoms with van der Waals surface area (Å²) in [6, 6.07) is 6.10. The van der Waals surface area contributed by atoms with E-state index in [-0.39, 0.29) is 5.75 Å². The van der Waals surface area contributed by atoms with Crippen LogP contribution in [0.2, 0.25) is 5.02 Å². The normalized spacial score (nSPS) is 21.4. The van der Waals surface area contributed by atoms with E-state index in [0.717, 1.165) is 18.7 Å². The summed E-state index contributed by atoms with van der Waals surface area (Å²) in [6.07, 6.45) is 2.47. The van der Waals surface area contributed by atoms with Crippen LogP contribution in [-0.4, -0.2) is 48.1 Å². The smallest absolute Gasteiger partial charge is 0.138 e. The van der Waals surface area contributed by atoms with Crippen LogP contribution in [0.4, 0.5) is 0 Å². The highest BCUT2D eigenvalue weighted by Gasteiger charge is 2.21. The summed E-state index contributed by atoms with van der Waals surface area (Å²) in [6.45, 7) is 3.02. The van der Waals surface area contributed by atoms with Crippen LogP contribution in [0.1, 0.15) is 18.4 Å². The summed E-state index contributed by atoms with van der Waals surface area (Å²) in [5, 5.41) is 10.4. The molecule has 1 atom stereocenters. The Bertz CT molecular complexity index is 411. The van der Waals surface area contributed by atoms with Crippen LogP contribution < -0.4 is 0 Å².